The van der Waals surface area contributed by atoms with Crippen molar-refractivity contribution in [1.82, 2.24) is 15.6 Å². The lowest BCUT2D eigenvalue weighted by atomic mass is 10.0. The molecule has 2 bridgehead atoms. The van der Waals surface area contributed by atoms with E-state index in [1.54, 1.807) is 12.1 Å². The summed E-state index contributed by atoms with van der Waals surface area (Å²) in [5.41, 5.74) is 3.46. The molecule has 38 heavy (non-hydrogen) atoms. The maximum Gasteiger partial charge on any atom is 0.338 e. The number of hydrazine groups is 1. The summed E-state index contributed by atoms with van der Waals surface area (Å²) in [7, 11) is 0. The van der Waals surface area contributed by atoms with Gasteiger partial charge in [-0.3, -0.25) is 19.7 Å². The van der Waals surface area contributed by atoms with E-state index in [1.807, 2.05) is 0 Å². The van der Waals surface area contributed by atoms with Crippen molar-refractivity contribution in [2.45, 2.75) is 31.5 Å². The van der Waals surface area contributed by atoms with Crippen molar-refractivity contribution in [3.63, 3.8) is 0 Å². The molecule has 202 valence electrons. The van der Waals surface area contributed by atoms with Crippen molar-refractivity contribution in [2.24, 2.45) is 0 Å². The summed E-state index contributed by atoms with van der Waals surface area (Å²) in [5.74, 6) is -4.15. The SMILES string of the molecule is O=C1CCC(NCc2cccc(NN3CCOCCOc4cc(ccc4F)C3C(=O)O)c2C(=O)O)C(=O)N1. The molecule has 13 heteroatoms. The first-order valence-corrected chi connectivity index (χ1v) is 11.9. The number of piperidine rings is 1. The minimum atomic E-state index is -1.34. The third kappa shape index (κ3) is 6.25. The molecule has 2 aliphatic rings. The molecule has 2 heterocycles. The molecule has 2 aromatic carbocycles. The van der Waals surface area contributed by atoms with Crippen molar-refractivity contribution in [3.8, 4) is 5.75 Å². The molecule has 2 unspecified atom stereocenters. The molecule has 2 atom stereocenters. The van der Waals surface area contributed by atoms with Gasteiger partial charge >= 0.3 is 11.9 Å². The van der Waals surface area contributed by atoms with Crippen molar-refractivity contribution in [2.75, 3.05) is 31.8 Å². The van der Waals surface area contributed by atoms with Gasteiger partial charge in [-0.25, -0.2) is 14.2 Å². The van der Waals surface area contributed by atoms with E-state index < -0.39 is 35.7 Å². The van der Waals surface area contributed by atoms with Crippen LogP contribution in [0.4, 0.5) is 10.1 Å². The summed E-state index contributed by atoms with van der Waals surface area (Å²) in [6.07, 6.45) is 0.447. The number of carbonyl (C=O) groups excluding carboxylic acids is 2. The van der Waals surface area contributed by atoms with Crippen LogP contribution < -0.4 is 20.8 Å². The average Bonchev–Trinajstić information content (AvgIpc) is 2.89. The van der Waals surface area contributed by atoms with Crippen LogP contribution in [0.3, 0.4) is 0 Å². The first-order valence-electron chi connectivity index (χ1n) is 11.9. The Morgan fingerprint density at radius 3 is 2.68 bits per heavy atom. The Hall–Kier alpha value is -4.07. The minimum absolute atomic E-state index is 0.00750. The Balaban J connectivity index is 1.63. The van der Waals surface area contributed by atoms with Crippen molar-refractivity contribution < 1.29 is 43.3 Å². The van der Waals surface area contributed by atoms with Crippen molar-refractivity contribution >= 4 is 29.4 Å². The number of imide groups is 1. The number of aromatic carboxylic acids is 1. The van der Waals surface area contributed by atoms with Gasteiger partial charge in [-0.05, 0) is 35.7 Å². The van der Waals surface area contributed by atoms with Gasteiger partial charge in [0.1, 0.15) is 6.61 Å². The Morgan fingerprint density at radius 2 is 1.95 bits per heavy atom. The summed E-state index contributed by atoms with van der Waals surface area (Å²) >= 11 is 0. The van der Waals surface area contributed by atoms with Crippen LogP contribution >= 0.6 is 0 Å². The number of carboxylic acids is 2. The number of benzene rings is 2. The van der Waals surface area contributed by atoms with Crippen LogP contribution in [0.2, 0.25) is 0 Å². The van der Waals surface area contributed by atoms with Gasteiger partial charge < -0.3 is 30.4 Å². The number of fused-ring (bicyclic) bond motifs is 2. The molecule has 4 rings (SSSR count). The van der Waals surface area contributed by atoms with E-state index in [0.29, 0.717) is 5.56 Å². The number of anilines is 1. The molecule has 0 radical (unpaired) electrons. The predicted molar refractivity (Wildman–Crippen MR) is 130 cm³/mol. The maximum absolute atomic E-state index is 14.2. The molecule has 1 saturated heterocycles. The summed E-state index contributed by atoms with van der Waals surface area (Å²) < 4.78 is 25.1. The summed E-state index contributed by atoms with van der Waals surface area (Å²) in [4.78, 5) is 48.1. The molecular formula is C25H27FN4O8. The van der Waals surface area contributed by atoms with E-state index >= 15 is 0 Å². The van der Waals surface area contributed by atoms with Crippen LogP contribution in [0.15, 0.2) is 36.4 Å². The van der Waals surface area contributed by atoms with E-state index in [2.05, 4.69) is 16.1 Å². The molecule has 0 aliphatic carbocycles. The fourth-order valence-corrected chi connectivity index (χ4v) is 4.35. The highest BCUT2D eigenvalue weighted by molar-refractivity contribution is 6.00. The van der Waals surface area contributed by atoms with E-state index in [9.17, 15) is 33.8 Å². The molecule has 0 aromatic heterocycles. The normalized spacial score (nSPS) is 20.6. The Kier molecular flexibility index (Phi) is 8.51. The largest absolute Gasteiger partial charge is 0.488 e. The Bertz CT molecular complexity index is 1240. The van der Waals surface area contributed by atoms with Gasteiger partial charge in [-0.2, -0.15) is 0 Å². The fourth-order valence-electron chi connectivity index (χ4n) is 4.35. The van der Waals surface area contributed by atoms with Crippen LogP contribution in [0, 0.1) is 5.82 Å². The van der Waals surface area contributed by atoms with Crippen LogP contribution in [-0.4, -0.2) is 71.4 Å². The predicted octanol–water partition coefficient (Wildman–Crippen LogP) is 1.28. The van der Waals surface area contributed by atoms with Crippen molar-refractivity contribution in [1.29, 1.82) is 0 Å². The number of nitrogens with zero attached hydrogens (tertiary/aromatic N) is 1. The van der Waals surface area contributed by atoms with E-state index in [0.717, 1.165) is 6.07 Å². The fraction of sp³-hybridized carbons (Fsp3) is 0.360. The second kappa shape index (κ2) is 12.0. The van der Waals surface area contributed by atoms with Crippen LogP contribution in [0.25, 0.3) is 0 Å². The van der Waals surface area contributed by atoms with Gasteiger partial charge in [-0.15, -0.1) is 0 Å². The second-order valence-electron chi connectivity index (χ2n) is 8.73. The lowest BCUT2D eigenvalue weighted by Crippen LogP contribution is -2.50. The molecule has 2 aliphatic heterocycles. The van der Waals surface area contributed by atoms with Gasteiger partial charge in [0.05, 0.1) is 30.5 Å². The first kappa shape index (κ1) is 27.0. The third-order valence-electron chi connectivity index (χ3n) is 6.19. The number of carboxylic acid groups (broad SMARTS) is 2. The van der Waals surface area contributed by atoms with Crippen LogP contribution in [0.1, 0.15) is 40.4 Å². The number of rotatable bonds is 7. The zero-order chi connectivity index (χ0) is 27.2. The van der Waals surface area contributed by atoms with E-state index in [1.165, 1.54) is 23.2 Å². The molecular weight excluding hydrogens is 503 g/mol. The highest BCUT2D eigenvalue weighted by Gasteiger charge is 2.31. The quantitative estimate of drug-likeness (QED) is 0.327. The molecule has 12 nitrogen and oxygen atoms in total. The zero-order valence-electron chi connectivity index (χ0n) is 20.2. The molecule has 1 fully saturated rings. The van der Waals surface area contributed by atoms with Gasteiger partial charge in [0, 0.05) is 19.5 Å². The number of aliphatic carboxylic acids is 1. The summed E-state index contributed by atoms with van der Waals surface area (Å²) in [6, 6.07) is 6.39. The van der Waals surface area contributed by atoms with E-state index in [-0.39, 0.29) is 74.2 Å². The number of hydrogen-bond acceptors (Lipinski definition) is 9. The molecule has 0 spiro atoms. The smallest absolute Gasteiger partial charge is 0.338 e. The highest BCUT2D eigenvalue weighted by Crippen LogP contribution is 2.30. The number of hydrogen-bond donors (Lipinski definition) is 5. The third-order valence-corrected chi connectivity index (χ3v) is 6.19. The summed E-state index contributed by atoms with van der Waals surface area (Å²) in [5, 5.41) is 26.6. The Labute approximate surface area is 216 Å². The number of amides is 2. The highest BCUT2D eigenvalue weighted by atomic mass is 19.1. The average molecular weight is 531 g/mol. The van der Waals surface area contributed by atoms with E-state index in [4.69, 9.17) is 9.47 Å². The lowest BCUT2D eigenvalue weighted by Gasteiger charge is -2.31. The minimum Gasteiger partial charge on any atom is -0.488 e. The standard InChI is InChI=1S/C25H27FN4O8/c26-16-5-4-14-12-19(16)38-11-10-37-9-8-30(22(14)25(35)36)29-17-3-1-2-15(21(17)24(33)34)13-27-18-6-7-20(31)28-23(18)32/h1-5,12,18,22,27,29H,6-11,13H2,(H,33,34)(H,35,36)(H,28,31,32). The molecule has 2 amide bonds. The van der Waals surface area contributed by atoms with Gasteiger partial charge in [0.15, 0.2) is 17.6 Å². The molecule has 0 saturated carbocycles. The van der Waals surface area contributed by atoms with Gasteiger partial charge in [0.2, 0.25) is 11.8 Å². The topological polar surface area (TPSA) is 167 Å². The number of halogens is 1. The first-order chi connectivity index (χ1) is 18.2. The Morgan fingerprint density at radius 1 is 1.13 bits per heavy atom. The number of nitrogens with one attached hydrogen (secondary N) is 3. The van der Waals surface area contributed by atoms with Crippen LogP contribution in [-0.2, 0) is 25.7 Å². The second-order valence-corrected chi connectivity index (χ2v) is 8.73. The number of carbonyl (C=O) groups is 4. The van der Waals surface area contributed by atoms with Gasteiger partial charge in [-0.1, -0.05) is 18.2 Å². The monoisotopic (exact) mass is 530 g/mol. The maximum atomic E-state index is 14.2. The van der Waals surface area contributed by atoms with Crippen molar-refractivity contribution in [3.05, 3.63) is 58.9 Å². The number of ether oxygens (including phenoxy) is 2. The lowest BCUT2D eigenvalue weighted by molar-refractivity contribution is -0.143. The van der Waals surface area contributed by atoms with Crippen LogP contribution in [0.5, 0.6) is 5.75 Å². The molecule has 5 N–H and O–H groups in total. The molecule has 2 aromatic rings. The summed E-state index contributed by atoms with van der Waals surface area (Å²) in [6.45, 7) is 0.334. The zero-order valence-corrected chi connectivity index (χ0v) is 20.2. The van der Waals surface area contributed by atoms with Gasteiger partial charge in [0.25, 0.3) is 0 Å².